The van der Waals surface area contributed by atoms with Gasteiger partial charge >= 0.3 is 5.97 Å². The van der Waals surface area contributed by atoms with Gasteiger partial charge < -0.3 is 9.26 Å². The third-order valence-corrected chi connectivity index (χ3v) is 7.34. The van der Waals surface area contributed by atoms with Gasteiger partial charge in [0, 0.05) is 31.9 Å². The molecule has 2 heterocycles. The normalized spacial score (nSPS) is 19.6. The minimum Gasteiger partial charge on any atom is -0.456 e. The highest BCUT2D eigenvalue weighted by Crippen LogP contribution is 2.46. The molecule has 1 fully saturated rings. The van der Waals surface area contributed by atoms with Crippen LogP contribution >= 0.6 is 19.1 Å². The number of hydrogen-bond donors (Lipinski definition) is 0. The number of β-lactam (4-membered cyclic amide) rings is 1. The molecule has 2 aromatic rings. The number of hydrogen-bond acceptors (Lipinski definition) is 9. The van der Waals surface area contributed by atoms with E-state index in [2.05, 4.69) is 4.99 Å². The number of rotatable bonds is 9. The molecule has 188 valence electrons. The third kappa shape index (κ3) is 5.68. The number of aliphatic imine (C=N–C) groups is 1. The molecule has 4 rings (SSSR count). The molecule has 1 saturated heterocycles. The summed E-state index contributed by atoms with van der Waals surface area (Å²) in [5.41, 5.74) is 1.37. The maximum atomic E-state index is 13.2. The minimum absolute atomic E-state index is 0.0148. The molecule has 0 saturated carbocycles. The van der Waals surface area contributed by atoms with Crippen molar-refractivity contribution in [1.29, 1.82) is 0 Å². The van der Waals surface area contributed by atoms with E-state index in [1.807, 2.05) is 30.3 Å². The van der Waals surface area contributed by atoms with E-state index in [1.165, 1.54) is 61.2 Å². The molecule has 36 heavy (non-hydrogen) atoms. The third-order valence-electron chi connectivity index (χ3n) is 5.39. The van der Waals surface area contributed by atoms with Crippen molar-refractivity contribution >= 4 is 41.7 Å². The fraction of sp³-hybridized carbons (Fsp3) is 0.292. The molecule has 0 aliphatic carbocycles. The van der Waals surface area contributed by atoms with E-state index in [-0.39, 0.29) is 29.7 Å². The van der Waals surface area contributed by atoms with Crippen LogP contribution in [0.25, 0.3) is 0 Å². The van der Waals surface area contributed by atoms with Crippen molar-refractivity contribution in [3.8, 4) is 0 Å². The Labute approximate surface area is 212 Å². The zero-order valence-electron chi connectivity index (χ0n) is 19.8. The summed E-state index contributed by atoms with van der Waals surface area (Å²) in [6, 6.07) is 14.7. The Morgan fingerprint density at radius 1 is 1.14 bits per heavy atom. The number of nitro benzene ring substituents is 1. The predicted molar refractivity (Wildman–Crippen MR) is 136 cm³/mol. The van der Waals surface area contributed by atoms with Crippen molar-refractivity contribution in [3.63, 3.8) is 0 Å². The Kier molecular flexibility index (Phi) is 7.33. The van der Waals surface area contributed by atoms with Gasteiger partial charge in [-0.2, -0.15) is 0 Å². The van der Waals surface area contributed by atoms with Gasteiger partial charge in [-0.1, -0.05) is 42.1 Å². The van der Waals surface area contributed by atoms with Gasteiger partial charge in [-0.15, -0.1) is 0 Å². The van der Waals surface area contributed by atoms with E-state index >= 15 is 0 Å². The molecule has 1 amide bonds. The summed E-state index contributed by atoms with van der Waals surface area (Å²) in [7, 11) is -3.04. The smallest absolute Gasteiger partial charge is 0.358 e. The van der Waals surface area contributed by atoms with Crippen molar-refractivity contribution < 1.29 is 28.3 Å². The SMILES string of the molecule is CC(OP(C)(C)=O)=C(C(=O)OCc1ccc([N+](=O)[O-])cc1)N1C(=O)C2N=C(Cc3ccccc3)SC21. The summed E-state index contributed by atoms with van der Waals surface area (Å²) in [5, 5.41) is 11.2. The number of esters is 1. The van der Waals surface area contributed by atoms with Crippen LogP contribution in [-0.4, -0.2) is 51.5 Å². The average Bonchev–Trinajstić information content (AvgIpc) is 3.19. The first-order valence-electron chi connectivity index (χ1n) is 11.0. The van der Waals surface area contributed by atoms with Gasteiger partial charge in [0.1, 0.15) is 17.7 Å². The summed E-state index contributed by atoms with van der Waals surface area (Å²) < 4.78 is 23.3. The summed E-state index contributed by atoms with van der Waals surface area (Å²) in [5.74, 6) is -1.19. The lowest BCUT2D eigenvalue weighted by Gasteiger charge is -2.41. The lowest BCUT2D eigenvalue weighted by Crippen LogP contribution is -2.61. The van der Waals surface area contributed by atoms with E-state index in [0.29, 0.717) is 12.0 Å². The number of ether oxygens (including phenoxy) is 1. The van der Waals surface area contributed by atoms with Crippen molar-refractivity contribution in [2.75, 3.05) is 13.3 Å². The lowest BCUT2D eigenvalue weighted by molar-refractivity contribution is -0.384. The van der Waals surface area contributed by atoms with Gasteiger partial charge in [-0.25, -0.2) is 4.79 Å². The van der Waals surface area contributed by atoms with Crippen LogP contribution in [0.1, 0.15) is 18.1 Å². The minimum atomic E-state index is -3.04. The lowest BCUT2D eigenvalue weighted by atomic mass is 10.1. The molecular formula is C24H24N3O7PS. The molecule has 12 heteroatoms. The molecule has 10 nitrogen and oxygen atoms in total. The van der Waals surface area contributed by atoms with Crippen molar-refractivity contribution in [3.05, 3.63) is 87.3 Å². The fourth-order valence-corrected chi connectivity index (χ4v) is 5.89. The highest BCUT2D eigenvalue weighted by atomic mass is 32.2. The van der Waals surface area contributed by atoms with Crippen LogP contribution in [0.4, 0.5) is 5.69 Å². The number of likely N-dealkylation sites (tertiary alicyclic amines) is 1. The Bertz CT molecular complexity index is 1300. The molecule has 0 aromatic heterocycles. The summed E-state index contributed by atoms with van der Waals surface area (Å²) >= 11 is 1.39. The van der Waals surface area contributed by atoms with Crippen LogP contribution in [0, 0.1) is 10.1 Å². The van der Waals surface area contributed by atoms with Crippen molar-refractivity contribution in [2.24, 2.45) is 4.99 Å². The topological polar surface area (TPSA) is 128 Å². The first kappa shape index (κ1) is 25.7. The fourth-order valence-electron chi connectivity index (χ4n) is 3.82. The van der Waals surface area contributed by atoms with E-state index < -0.39 is 29.7 Å². The number of thioether (sulfide) groups is 1. The maximum absolute atomic E-state index is 13.2. The second-order valence-electron chi connectivity index (χ2n) is 8.59. The summed E-state index contributed by atoms with van der Waals surface area (Å²) in [6.45, 7) is 4.10. The molecular weight excluding hydrogens is 505 g/mol. The number of benzene rings is 2. The standard InChI is InChI=1S/C24H24N3O7PS/c1-15(34-35(2,3)32)21(24(29)33-14-17-9-11-18(12-10-17)27(30)31)26-22(28)20-23(26)36-19(25-20)13-16-7-5-4-6-8-16/h4-12,20,23H,13-14H2,1-3H3. The number of allylic oxidation sites excluding steroid dienone is 1. The van der Waals surface area contributed by atoms with E-state index in [0.717, 1.165) is 10.6 Å². The van der Waals surface area contributed by atoms with Gasteiger partial charge in [0.25, 0.3) is 11.6 Å². The molecule has 0 radical (unpaired) electrons. The molecule has 0 spiro atoms. The predicted octanol–water partition coefficient (Wildman–Crippen LogP) is 4.35. The van der Waals surface area contributed by atoms with Crippen LogP contribution in [0.15, 0.2) is 71.0 Å². The van der Waals surface area contributed by atoms with Crippen molar-refractivity contribution in [1.82, 2.24) is 4.90 Å². The number of fused-ring (bicyclic) bond motifs is 1. The van der Waals surface area contributed by atoms with Gasteiger partial charge in [0.05, 0.1) is 9.97 Å². The highest BCUT2D eigenvalue weighted by Gasteiger charge is 2.55. The molecule has 2 atom stereocenters. The quantitative estimate of drug-likeness (QED) is 0.0892. The molecule has 2 aliphatic rings. The number of nitrogens with zero attached hydrogens (tertiary/aromatic N) is 3. The second kappa shape index (κ2) is 10.3. The first-order chi connectivity index (χ1) is 17.0. The van der Waals surface area contributed by atoms with Crippen LogP contribution in [-0.2, 0) is 36.4 Å². The Hall–Kier alpha value is -3.43. The maximum Gasteiger partial charge on any atom is 0.358 e. The Morgan fingerprint density at radius 2 is 1.81 bits per heavy atom. The number of carbonyl (C=O) groups is 2. The van der Waals surface area contributed by atoms with Gasteiger partial charge in [-0.3, -0.25) is 29.4 Å². The van der Waals surface area contributed by atoms with Gasteiger partial charge in [-0.05, 0) is 30.2 Å². The molecule has 2 aromatic carbocycles. The van der Waals surface area contributed by atoms with Crippen LogP contribution < -0.4 is 0 Å². The molecule has 0 N–H and O–H groups in total. The van der Waals surface area contributed by atoms with Crippen LogP contribution in [0.5, 0.6) is 0 Å². The Balaban J connectivity index is 1.52. The second-order valence-corrected chi connectivity index (χ2v) is 12.5. The average molecular weight is 530 g/mol. The summed E-state index contributed by atoms with van der Waals surface area (Å²) in [4.78, 5) is 42.3. The number of non-ortho nitro benzene ring substituents is 1. The van der Waals surface area contributed by atoms with Gasteiger partial charge in [0.2, 0.25) is 7.37 Å². The van der Waals surface area contributed by atoms with E-state index in [4.69, 9.17) is 9.26 Å². The summed E-state index contributed by atoms with van der Waals surface area (Å²) in [6.07, 6.45) is 0.567. The van der Waals surface area contributed by atoms with Crippen molar-refractivity contribution in [2.45, 2.75) is 31.4 Å². The van der Waals surface area contributed by atoms with Crippen LogP contribution in [0.2, 0.25) is 0 Å². The van der Waals surface area contributed by atoms with Gasteiger partial charge in [0.15, 0.2) is 11.7 Å². The first-order valence-corrected chi connectivity index (χ1v) is 14.4. The molecule has 2 unspecified atom stereocenters. The highest BCUT2D eigenvalue weighted by molar-refractivity contribution is 8.14. The zero-order valence-corrected chi connectivity index (χ0v) is 21.5. The Morgan fingerprint density at radius 3 is 2.42 bits per heavy atom. The zero-order chi connectivity index (χ0) is 26.0. The molecule has 2 aliphatic heterocycles. The largest absolute Gasteiger partial charge is 0.456 e. The van der Waals surface area contributed by atoms with Crippen LogP contribution in [0.3, 0.4) is 0 Å². The monoisotopic (exact) mass is 529 g/mol. The number of carbonyl (C=O) groups excluding carboxylic acids is 2. The molecule has 0 bridgehead atoms. The number of amides is 1. The van der Waals surface area contributed by atoms with E-state index in [9.17, 15) is 24.3 Å². The van der Waals surface area contributed by atoms with E-state index in [1.54, 1.807) is 0 Å². The number of nitro groups is 1.